The number of nitrogens with one attached hydrogen (secondary N) is 2. The summed E-state index contributed by atoms with van der Waals surface area (Å²) in [5.74, 6) is 2.83. The monoisotopic (exact) mass is 363 g/mol. The standard InChI is InChI=1S/C20H33N3O3/c1-5-21-20(23-16-8-6-7-14(2)9-16)22-13-19(24)15-10-17(25-3)12-18(11-15)26-4/h10-12,14,16,19,24H,5-9,13H2,1-4H3,(H2,21,22,23). The first-order chi connectivity index (χ1) is 12.5. The summed E-state index contributed by atoms with van der Waals surface area (Å²) >= 11 is 0. The van der Waals surface area contributed by atoms with Gasteiger partial charge in [-0.05, 0) is 43.4 Å². The van der Waals surface area contributed by atoms with Crippen molar-refractivity contribution in [2.45, 2.75) is 51.7 Å². The van der Waals surface area contributed by atoms with Crippen molar-refractivity contribution < 1.29 is 14.6 Å². The normalized spacial score (nSPS) is 21.8. The Morgan fingerprint density at radius 2 is 1.92 bits per heavy atom. The Kier molecular flexibility index (Phi) is 8.04. The molecule has 26 heavy (non-hydrogen) atoms. The van der Waals surface area contributed by atoms with Gasteiger partial charge < -0.3 is 25.2 Å². The number of aliphatic hydroxyl groups is 1. The van der Waals surface area contributed by atoms with Crippen molar-refractivity contribution in [1.29, 1.82) is 0 Å². The molecule has 0 aliphatic heterocycles. The van der Waals surface area contributed by atoms with Gasteiger partial charge in [0.05, 0.1) is 26.9 Å². The molecule has 6 heteroatoms. The van der Waals surface area contributed by atoms with E-state index >= 15 is 0 Å². The molecule has 1 aromatic carbocycles. The summed E-state index contributed by atoms with van der Waals surface area (Å²) in [5.41, 5.74) is 0.729. The molecule has 0 bridgehead atoms. The van der Waals surface area contributed by atoms with Crippen LogP contribution in [0.2, 0.25) is 0 Å². The predicted octanol–water partition coefficient (Wildman–Crippen LogP) is 2.87. The van der Waals surface area contributed by atoms with Crippen LogP contribution in [0.15, 0.2) is 23.2 Å². The van der Waals surface area contributed by atoms with Crippen molar-refractivity contribution >= 4 is 5.96 Å². The average Bonchev–Trinajstić information content (AvgIpc) is 2.65. The summed E-state index contributed by atoms with van der Waals surface area (Å²) < 4.78 is 10.5. The zero-order chi connectivity index (χ0) is 18.9. The van der Waals surface area contributed by atoms with E-state index in [2.05, 4.69) is 22.5 Å². The number of aliphatic imine (C=N–C) groups is 1. The van der Waals surface area contributed by atoms with Gasteiger partial charge in [-0.15, -0.1) is 0 Å². The maximum absolute atomic E-state index is 10.6. The van der Waals surface area contributed by atoms with Gasteiger partial charge in [0.1, 0.15) is 11.5 Å². The van der Waals surface area contributed by atoms with Gasteiger partial charge in [0, 0.05) is 18.7 Å². The molecule has 0 aromatic heterocycles. The molecule has 1 aliphatic rings. The van der Waals surface area contributed by atoms with Crippen molar-refractivity contribution in [2.75, 3.05) is 27.3 Å². The Morgan fingerprint density at radius 1 is 1.23 bits per heavy atom. The van der Waals surface area contributed by atoms with Gasteiger partial charge in [0.25, 0.3) is 0 Å². The average molecular weight is 364 g/mol. The first-order valence-corrected chi connectivity index (χ1v) is 9.51. The highest BCUT2D eigenvalue weighted by atomic mass is 16.5. The summed E-state index contributed by atoms with van der Waals surface area (Å²) in [6.45, 7) is 5.41. The number of aliphatic hydroxyl groups excluding tert-OH is 1. The first kappa shape index (κ1) is 20.4. The van der Waals surface area contributed by atoms with Crippen molar-refractivity contribution in [3.8, 4) is 11.5 Å². The lowest BCUT2D eigenvalue weighted by atomic mass is 9.87. The molecular weight excluding hydrogens is 330 g/mol. The molecule has 1 aliphatic carbocycles. The number of nitrogens with zero attached hydrogens (tertiary/aromatic N) is 1. The third-order valence-electron chi connectivity index (χ3n) is 4.80. The van der Waals surface area contributed by atoms with E-state index in [1.807, 2.05) is 19.1 Å². The lowest BCUT2D eigenvalue weighted by Gasteiger charge is -2.29. The second-order valence-corrected chi connectivity index (χ2v) is 6.99. The largest absolute Gasteiger partial charge is 0.497 e. The molecule has 0 heterocycles. The highest BCUT2D eigenvalue weighted by molar-refractivity contribution is 5.80. The number of guanidine groups is 1. The molecule has 1 saturated carbocycles. The quantitative estimate of drug-likeness (QED) is 0.513. The lowest BCUT2D eigenvalue weighted by molar-refractivity contribution is 0.186. The van der Waals surface area contributed by atoms with E-state index in [0.717, 1.165) is 24.0 Å². The molecule has 0 spiro atoms. The molecule has 6 nitrogen and oxygen atoms in total. The molecule has 3 unspecified atom stereocenters. The van der Waals surface area contributed by atoms with Gasteiger partial charge in [0.2, 0.25) is 0 Å². The molecule has 1 aromatic rings. The molecular formula is C20H33N3O3. The Morgan fingerprint density at radius 3 is 2.50 bits per heavy atom. The van der Waals surface area contributed by atoms with E-state index in [0.29, 0.717) is 17.5 Å². The van der Waals surface area contributed by atoms with Crippen LogP contribution in [-0.2, 0) is 0 Å². The topological polar surface area (TPSA) is 75.1 Å². The molecule has 3 N–H and O–H groups in total. The van der Waals surface area contributed by atoms with Crippen molar-refractivity contribution in [1.82, 2.24) is 10.6 Å². The molecule has 3 atom stereocenters. The predicted molar refractivity (Wildman–Crippen MR) is 105 cm³/mol. The minimum Gasteiger partial charge on any atom is -0.497 e. The van der Waals surface area contributed by atoms with Gasteiger partial charge in [-0.1, -0.05) is 19.8 Å². The third-order valence-corrected chi connectivity index (χ3v) is 4.80. The third kappa shape index (κ3) is 6.09. The minimum atomic E-state index is -0.722. The number of rotatable bonds is 7. The number of ether oxygens (including phenoxy) is 2. The first-order valence-electron chi connectivity index (χ1n) is 9.51. The van der Waals surface area contributed by atoms with Gasteiger partial charge in [0.15, 0.2) is 5.96 Å². The fourth-order valence-electron chi connectivity index (χ4n) is 3.38. The molecule has 2 rings (SSSR count). The van der Waals surface area contributed by atoms with Crippen LogP contribution < -0.4 is 20.1 Å². The second-order valence-electron chi connectivity index (χ2n) is 6.99. The fourth-order valence-corrected chi connectivity index (χ4v) is 3.38. The van der Waals surface area contributed by atoms with E-state index in [1.165, 1.54) is 25.7 Å². The Hall–Kier alpha value is -1.95. The second kappa shape index (κ2) is 10.3. The molecule has 0 radical (unpaired) electrons. The molecule has 1 fully saturated rings. The van der Waals surface area contributed by atoms with E-state index in [4.69, 9.17) is 9.47 Å². The Bertz CT molecular complexity index is 569. The fraction of sp³-hybridized carbons (Fsp3) is 0.650. The van der Waals surface area contributed by atoms with Gasteiger partial charge in [-0.25, -0.2) is 0 Å². The van der Waals surface area contributed by atoms with Crippen LogP contribution in [0, 0.1) is 5.92 Å². The summed E-state index contributed by atoms with van der Waals surface area (Å²) in [6, 6.07) is 5.86. The highest BCUT2D eigenvalue weighted by Crippen LogP contribution is 2.27. The van der Waals surface area contributed by atoms with Crippen LogP contribution in [0.1, 0.15) is 51.2 Å². The summed E-state index contributed by atoms with van der Waals surface area (Å²) in [6.07, 6.45) is 4.18. The highest BCUT2D eigenvalue weighted by Gasteiger charge is 2.20. The zero-order valence-electron chi connectivity index (χ0n) is 16.4. The maximum atomic E-state index is 10.6. The smallest absolute Gasteiger partial charge is 0.191 e. The number of hydrogen-bond donors (Lipinski definition) is 3. The van der Waals surface area contributed by atoms with E-state index < -0.39 is 6.10 Å². The van der Waals surface area contributed by atoms with Gasteiger partial charge >= 0.3 is 0 Å². The van der Waals surface area contributed by atoms with Crippen molar-refractivity contribution in [2.24, 2.45) is 10.9 Å². The maximum Gasteiger partial charge on any atom is 0.191 e. The van der Waals surface area contributed by atoms with Crippen LogP contribution in [0.3, 0.4) is 0 Å². The van der Waals surface area contributed by atoms with E-state index in [1.54, 1.807) is 20.3 Å². The molecule has 146 valence electrons. The van der Waals surface area contributed by atoms with Crippen molar-refractivity contribution in [3.63, 3.8) is 0 Å². The van der Waals surface area contributed by atoms with Crippen LogP contribution >= 0.6 is 0 Å². The molecule has 0 saturated heterocycles. The summed E-state index contributed by atoms with van der Waals surface area (Å²) in [5, 5.41) is 17.3. The molecule has 0 amide bonds. The van der Waals surface area contributed by atoms with E-state index in [-0.39, 0.29) is 6.54 Å². The van der Waals surface area contributed by atoms with Crippen molar-refractivity contribution in [3.05, 3.63) is 23.8 Å². The van der Waals surface area contributed by atoms with E-state index in [9.17, 15) is 5.11 Å². The zero-order valence-corrected chi connectivity index (χ0v) is 16.4. The Balaban J connectivity index is 2.03. The number of benzene rings is 1. The number of hydrogen-bond acceptors (Lipinski definition) is 4. The number of methoxy groups -OCH3 is 2. The van der Waals surface area contributed by atoms with Crippen LogP contribution in [0.4, 0.5) is 0 Å². The Labute approximate surface area is 157 Å². The van der Waals surface area contributed by atoms with Crippen LogP contribution in [0.5, 0.6) is 11.5 Å². The summed E-state index contributed by atoms with van der Waals surface area (Å²) in [4.78, 5) is 4.58. The summed E-state index contributed by atoms with van der Waals surface area (Å²) in [7, 11) is 3.20. The lowest BCUT2D eigenvalue weighted by Crippen LogP contribution is -2.45. The van der Waals surface area contributed by atoms with Gasteiger partial charge in [-0.2, -0.15) is 0 Å². The minimum absolute atomic E-state index is 0.272. The SMILES string of the molecule is CCNC(=NCC(O)c1cc(OC)cc(OC)c1)NC1CCCC(C)C1. The van der Waals surface area contributed by atoms with Crippen LogP contribution in [-0.4, -0.2) is 44.4 Å². The van der Waals surface area contributed by atoms with Crippen LogP contribution in [0.25, 0.3) is 0 Å². The van der Waals surface area contributed by atoms with Gasteiger partial charge in [-0.3, -0.25) is 4.99 Å².